The molecule has 0 aliphatic rings. The molecule has 0 bridgehead atoms. The fourth-order valence-electron chi connectivity index (χ4n) is 2.13. The maximum atomic E-state index is 6.05. The molecule has 0 saturated heterocycles. The quantitative estimate of drug-likeness (QED) is 0.797. The van der Waals surface area contributed by atoms with Crippen LogP contribution in [0.2, 0.25) is 0 Å². The Balaban J connectivity index is 2.33. The van der Waals surface area contributed by atoms with Crippen LogP contribution in [0.5, 0.6) is 17.2 Å². The number of rotatable bonds is 6. The second kappa shape index (κ2) is 7.38. The lowest BCUT2D eigenvalue weighted by Gasteiger charge is -2.19. The van der Waals surface area contributed by atoms with E-state index in [1.807, 2.05) is 37.4 Å². The summed E-state index contributed by atoms with van der Waals surface area (Å²) >= 11 is 1.72. The molecule has 1 N–H and O–H groups in total. The van der Waals surface area contributed by atoms with Crippen LogP contribution in [0.25, 0.3) is 0 Å². The minimum atomic E-state index is 0.140. The number of thioether (sulfide) groups is 1. The van der Waals surface area contributed by atoms with Gasteiger partial charge in [-0.05, 0) is 56.6 Å². The van der Waals surface area contributed by atoms with E-state index in [2.05, 4.69) is 30.6 Å². The molecule has 2 rings (SSSR count). The average molecular weight is 303 g/mol. The predicted octanol–water partition coefficient (Wildman–Crippen LogP) is 4.49. The van der Waals surface area contributed by atoms with E-state index >= 15 is 0 Å². The molecule has 112 valence electrons. The van der Waals surface area contributed by atoms with Crippen LogP contribution in [0.1, 0.15) is 18.5 Å². The van der Waals surface area contributed by atoms with Crippen molar-refractivity contribution in [2.45, 2.75) is 17.9 Å². The highest BCUT2D eigenvalue weighted by Gasteiger charge is 2.16. The van der Waals surface area contributed by atoms with Crippen LogP contribution in [0.4, 0.5) is 0 Å². The smallest absolute Gasteiger partial charge is 0.135 e. The summed E-state index contributed by atoms with van der Waals surface area (Å²) in [5.74, 6) is 2.47. The van der Waals surface area contributed by atoms with Gasteiger partial charge in [0.15, 0.2) is 0 Å². The lowest BCUT2D eigenvalue weighted by atomic mass is 10.1. The number of nitrogens with one attached hydrogen (secondary N) is 1. The molecule has 0 saturated carbocycles. The molecule has 0 aliphatic heterocycles. The summed E-state index contributed by atoms with van der Waals surface area (Å²) in [5.41, 5.74) is 1.02. The van der Waals surface area contributed by atoms with Gasteiger partial charge in [0.1, 0.15) is 17.2 Å². The molecule has 2 aromatic carbocycles. The van der Waals surface area contributed by atoms with E-state index in [1.165, 1.54) is 4.90 Å². The Morgan fingerprint density at radius 3 is 2.29 bits per heavy atom. The monoisotopic (exact) mass is 303 g/mol. The van der Waals surface area contributed by atoms with Crippen molar-refractivity contribution in [3.05, 3.63) is 48.0 Å². The molecule has 21 heavy (non-hydrogen) atoms. The van der Waals surface area contributed by atoms with Gasteiger partial charge in [-0.3, -0.25) is 0 Å². The average Bonchev–Trinajstić information content (AvgIpc) is 2.54. The molecule has 1 atom stereocenters. The lowest BCUT2D eigenvalue weighted by molar-refractivity contribution is 0.393. The van der Waals surface area contributed by atoms with Gasteiger partial charge in [0.05, 0.1) is 12.7 Å². The largest absolute Gasteiger partial charge is 0.496 e. The molecule has 0 amide bonds. The van der Waals surface area contributed by atoms with Crippen molar-refractivity contribution in [1.29, 1.82) is 0 Å². The Hall–Kier alpha value is -1.65. The molecule has 0 radical (unpaired) electrons. The van der Waals surface area contributed by atoms with Gasteiger partial charge in [0, 0.05) is 10.9 Å². The topological polar surface area (TPSA) is 30.5 Å². The number of hydrogen-bond acceptors (Lipinski definition) is 4. The third kappa shape index (κ3) is 3.71. The molecular formula is C17H21NO2S. The zero-order chi connectivity index (χ0) is 15.2. The minimum Gasteiger partial charge on any atom is -0.496 e. The van der Waals surface area contributed by atoms with Crippen molar-refractivity contribution in [3.63, 3.8) is 0 Å². The first kappa shape index (κ1) is 15.7. The third-order valence-corrected chi connectivity index (χ3v) is 4.14. The number of methoxy groups -OCH3 is 1. The molecule has 1 unspecified atom stereocenters. The minimum absolute atomic E-state index is 0.140. The van der Waals surface area contributed by atoms with E-state index in [0.717, 1.165) is 22.8 Å². The first-order valence-corrected chi connectivity index (χ1v) is 8.08. The van der Waals surface area contributed by atoms with Crippen molar-refractivity contribution in [3.8, 4) is 17.2 Å². The normalized spacial score (nSPS) is 12.0. The van der Waals surface area contributed by atoms with Gasteiger partial charge < -0.3 is 14.8 Å². The predicted molar refractivity (Wildman–Crippen MR) is 88.8 cm³/mol. The van der Waals surface area contributed by atoms with E-state index in [-0.39, 0.29) is 6.04 Å². The second-order valence-electron chi connectivity index (χ2n) is 4.66. The van der Waals surface area contributed by atoms with E-state index in [1.54, 1.807) is 18.9 Å². The van der Waals surface area contributed by atoms with Gasteiger partial charge in [0.2, 0.25) is 0 Å². The molecule has 0 spiro atoms. The first-order valence-electron chi connectivity index (χ1n) is 6.85. The van der Waals surface area contributed by atoms with Crippen LogP contribution in [0.3, 0.4) is 0 Å². The van der Waals surface area contributed by atoms with Crippen molar-refractivity contribution in [2.24, 2.45) is 0 Å². The van der Waals surface area contributed by atoms with Crippen LogP contribution in [0.15, 0.2) is 47.4 Å². The summed E-state index contributed by atoms with van der Waals surface area (Å²) in [6.45, 7) is 2.08. The van der Waals surface area contributed by atoms with Crippen molar-refractivity contribution in [1.82, 2.24) is 5.32 Å². The van der Waals surface area contributed by atoms with Gasteiger partial charge >= 0.3 is 0 Å². The Kier molecular flexibility index (Phi) is 5.53. The highest BCUT2D eigenvalue weighted by molar-refractivity contribution is 7.98. The van der Waals surface area contributed by atoms with Gasteiger partial charge in [0.25, 0.3) is 0 Å². The summed E-state index contributed by atoms with van der Waals surface area (Å²) in [6, 6.07) is 14.1. The standard InChI is InChI=1S/C17H21NO2S/c1-12(18-2)17-15(19-3)6-5-7-16(17)20-13-8-10-14(21-4)11-9-13/h5-12,18H,1-4H3. The molecule has 0 heterocycles. The first-order chi connectivity index (χ1) is 10.2. The number of hydrogen-bond donors (Lipinski definition) is 1. The summed E-state index contributed by atoms with van der Waals surface area (Å²) in [5, 5.41) is 3.24. The Morgan fingerprint density at radius 1 is 1.05 bits per heavy atom. The zero-order valence-corrected chi connectivity index (χ0v) is 13.7. The fraction of sp³-hybridized carbons (Fsp3) is 0.294. The van der Waals surface area contributed by atoms with E-state index < -0.39 is 0 Å². The summed E-state index contributed by atoms with van der Waals surface area (Å²) in [7, 11) is 3.60. The highest BCUT2D eigenvalue weighted by Crippen LogP contribution is 2.36. The van der Waals surface area contributed by atoms with Gasteiger partial charge in [-0.25, -0.2) is 0 Å². The molecule has 4 heteroatoms. The second-order valence-corrected chi connectivity index (χ2v) is 5.54. The van der Waals surface area contributed by atoms with Crippen molar-refractivity contribution in [2.75, 3.05) is 20.4 Å². The Bertz CT molecular complexity index is 584. The molecule has 3 nitrogen and oxygen atoms in total. The van der Waals surface area contributed by atoms with Crippen molar-refractivity contribution < 1.29 is 9.47 Å². The van der Waals surface area contributed by atoms with Crippen LogP contribution < -0.4 is 14.8 Å². The molecule has 0 aromatic heterocycles. The van der Waals surface area contributed by atoms with Crippen LogP contribution >= 0.6 is 11.8 Å². The summed E-state index contributed by atoms with van der Waals surface area (Å²) in [6.07, 6.45) is 2.06. The summed E-state index contributed by atoms with van der Waals surface area (Å²) < 4.78 is 11.5. The van der Waals surface area contributed by atoms with E-state index in [4.69, 9.17) is 9.47 Å². The number of benzene rings is 2. The molecule has 2 aromatic rings. The summed E-state index contributed by atoms with van der Waals surface area (Å²) in [4.78, 5) is 1.22. The molecular weight excluding hydrogens is 282 g/mol. The highest BCUT2D eigenvalue weighted by atomic mass is 32.2. The molecule has 0 aliphatic carbocycles. The fourth-order valence-corrected chi connectivity index (χ4v) is 2.54. The lowest BCUT2D eigenvalue weighted by Crippen LogP contribution is -2.14. The molecule has 0 fully saturated rings. The van der Waals surface area contributed by atoms with Crippen LogP contribution in [0, 0.1) is 0 Å². The number of ether oxygens (including phenoxy) is 2. The van der Waals surface area contributed by atoms with E-state index in [9.17, 15) is 0 Å². The van der Waals surface area contributed by atoms with Gasteiger partial charge in [-0.2, -0.15) is 0 Å². The SMILES string of the molecule is CNC(C)c1c(OC)cccc1Oc1ccc(SC)cc1. The maximum Gasteiger partial charge on any atom is 0.135 e. The van der Waals surface area contributed by atoms with E-state index in [0.29, 0.717) is 0 Å². The maximum absolute atomic E-state index is 6.05. The van der Waals surface area contributed by atoms with Crippen LogP contribution in [-0.2, 0) is 0 Å². The van der Waals surface area contributed by atoms with Gasteiger partial charge in [-0.15, -0.1) is 11.8 Å². The zero-order valence-electron chi connectivity index (χ0n) is 12.8. The van der Waals surface area contributed by atoms with Crippen molar-refractivity contribution >= 4 is 11.8 Å². The third-order valence-electron chi connectivity index (χ3n) is 3.40. The Labute approximate surface area is 130 Å². The van der Waals surface area contributed by atoms with Crippen LogP contribution in [-0.4, -0.2) is 20.4 Å². The van der Waals surface area contributed by atoms with Gasteiger partial charge in [-0.1, -0.05) is 6.07 Å². The Morgan fingerprint density at radius 2 is 1.71 bits per heavy atom.